The van der Waals surface area contributed by atoms with Gasteiger partial charge in [-0.15, -0.1) is 6.58 Å². The van der Waals surface area contributed by atoms with Crippen molar-refractivity contribution in [2.45, 2.75) is 37.1 Å². The maximum Gasteiger partial charge on any atom is 0.339 e. The SMILES string of the molecule is C=CCc1cc2ccc(O[C@@H]3O[C@H](C(=O)O)[C@@H](O)[C@H](O)[C@H]3O)cc2oc1=O. The average Bonchev–Trinajstić information content (AvgIpc) is 2.63. The first-order valence-electron chi connectivity index (χ1n) is 8.08. The normalized spacial score (nSPS) is 28.0. The van der Waals surface area contributed by atoms with E-state index in [1.165, 1.54) is 12.1 Å². The lowest BCUT2D eigenvalue weighted by molar-refractivity contribution is -0.271. The van der Waals surface area contributed by atoms with Crippen molar-refractivity contribution in [2.24, 2.45) is 0 Å². The summed E-state index contributed by atoms with van der Waals surface area (Å²) in [5.41, 5.74) is 0.127. The van der Waals surface area contributed by atoms with Crippen molar-refractivity contribution in [2.75, 3.05) is 0 Å². The second-order valence-corrected chi connectivity index (χ2v) is 6.10. The lowest BCUT2D eigenvalue weighted by Crippen LogP contribution is -2.61. The summed E-state index contributed by atoms with van der Waals surface area (Å²) in [4.78, 5) is 23.0. The Morgan fingerprint density at radius 3 is 2.59 bits per heavy atom. The molecule has 0 aliphatic carbocycles. The van der Waals surface area contributed by atoms with Gasteiger partial charge >= 0.3 is 11.6 Å². The number of aliphatic hydroxyl groups is 3. The van der Waals surface area contributed by atoms with Crippen LogP contribution in [0.1, 0.15) is 5.56 Å². The van der Waals surface area contributed by atoms with Gasteiger partial charge in [-0.1, -0.05) is 6.08 Å². The molecule has 0 saturated carbocycles. The number of hydrogen-bond acceptors (Lipinski definition) is 8. The van der Waals surface area contributed by atoms with E-state index in [1.54, 1.807) is 18.2 Å². The van der Waals surface area contributed by atoms with Gasteiger partial charge in [-0.3, -0.25) is 0 Å². The molecule has 0 amide bonds. The number of aliphatic carboxylic acids is 1. The van der Waals surface area contributed by atoms with Gasteiger partial charge in [0.25, 0.3) is 0 Å². The number of fused-ring (bicyclic) bond motifs is 1. The number of hydrogen-bond donors (Lipinski definition) is 4. The van der Waals surface area contributed by atoms with Crippen LogP contribution in [-0.2, 0) is 16.0 Å². The van der Waals surface area contributed by atoms with Gasteiger partial charge in [0.2, 0.25) is 6.29 Å². The molecule has 1 fully saturated rings. The second kappa shape index (κ2) is 7.49. The summed E-state index contributed by atoms with van der Waals surface area (Å²) in [7, 11) is 0. The van der Waals surface area contributed by atoms with Gasteiger partial charge in [-0.25, -0.2) is 9.59 Å². The molecule has 2 heterocycles. The molecule has 9 heteroatoms. The monoisotopic (exact) mass is 378 g/mol. The molecular weight excluding hydrogens is 360 g/mol. The van der Waals surface area contributed by atoms with E-state index in [-0.39, 0.29) is 11.3 Å². The van der Waals surface area contributed by atoms with Crippen LogP contribution in [0.25, 0.3) is 11.0 Å². The summed E-state index contributed by atoms with van der Waals surface area (Å²) in [5.74, 6) is -1.40. The van der Waals surface area contributed by atoms with E-state index in [2.05, 4.69) is 6.58 Å². The first-order chi connectivity index (χ1) is 12.8. The predicted molar refractivity (Wildman–Crippen MR) is 91.3 cm³/mol. The molecule has 1 aromatic heterocycles. The van der Waals surface area contributed by atoms with Crippen molar-refractivity contribution in [3.05, 3.63) is 52.9 Å². The zero-order valence-corrected chi connectivity index (χ0v) is 14.0. The fraction of sp³-hybridized carbons (Fsp3) is 0.333. The minimum Gasteiger partial charge on any atom is -0.479 e. The smallest absolute Gasteiger partial charge is 0.339 e. The Kier molecular flexibility index (Phi) is 5.29. The summed E-state index contributed by atoms with van der Waals surface area (Å²) < 4.78 is 15.7. The van der Waals surface area contributed by atoms with Crippen LogP contribution in [-0.4, -0.2) is 57.1 Å². The van der Waals surface area contributed by atoms with Crippen molar-refractivity contribution < 1.29 is 39.1 Å². The van der Waals surface area contributed by atoms with Crippen molar-refractivity contribution in [1.82, 2.24) is 0 Å². The van der Waals surface area contributed by atoms with Crippen molar-refractivity contribution in [3.63, 3.8) is 0 Å². The maximum absolute atomic E-state index is 11.9. The number of rotatable bonds is 5. The zero-order chi connectivity index (χ0) is 19.7. The highest BCUT2D eigenvalue weighted by Crippen LogP contribution is 2.27. The first kappa shape index (κ1) is 19.1. The first-order valence-corrected chi connectivity index (χ1v) is 8.08. The van der Waals surface area contributed by atoms with Crippen LogP contribution in [0.3, 0.4) is 0 Å². The van der Waals surface area contributed by atoms with Crippen LogP contribution >= 0.6 is 0 Å². The molecule has 0 unspecified atom stereocenters. The standard InChI is InChI=1S/C18H18O9/c1-2-3-9-6-8-4-5-10(7-11(8)26-17(9)24)25-18-14(21)12(19)13(20)15(27-18)16(22)23/h2,4-7,12-15,18-21H,1,3H2,(H,22,23)/t12-,13-,14+,15-,18+/m0/s1. The molecule has 1 saturated heterocycles. The molecule has 3 rings (SSSR count). The highest BCUT2D eigenvalue weighted by Gasteiger charge is 2.48. The topological polar surface area (TPSA) is 147 Å². The van der Waals surface area contributed by atoms with E-state index < -0.39 is 42.3 Å². The van der Waals surface area contributed by atoms with Gasteiger partial charge < -0.3 is 34.3 Å². The molecule has 4 N–H and O–H groups in total. The lowest BCUT2D eigenvalue weighted by atomic mass is 9.99. The summed E-state index contributed by atoms with van der Waals surface area (Å²) in [5, 5.41) is 39.1. The van der Waals surface area contributed by atoms with Crippen LogP contribution in [0.5, 0.6) is 5.75 Å². The predicted octanol–water partition coefficient (Wildman–Crippen LogP) is -0.208. The second-order valence-electron chi connectivity index (χ2n) is 6.10. The van der Waals surface area contributed by atoms with Gasteiger partial charge in [-0.2, -0.15) is 0 Å². The van der Waals surface area contributed by atoms with Crippen LogP contribution in [0.4, 0.5) is 0 Å². The number of carbonyl (C=O) groups is 1. The molecule has 0 spiro atoms. The Morgan fingerprint density at radius 1 is 1.19 bits per heavy atom. The van der Waals surface area contributed by atoms with Gasteiger partial charge in [0.15, 0.2) is 6.10 Å². The quantitative estimate of drug-likeness (QED) is 0.410. The van der Waals surface area contributed by atoms with E-state index >= 15 is 0 Å². The van der Waals surface area contributed by atoms with Gasteiger partial charge in [0.05, 0.1) is 0 Å². The summed E-state index contributed by atoms with van der Waals surface area (Å²) in [6, 6.07) is 6.13. The minimum absolute atomic E-state index is 0.110. The Bertz CT molecular complexity index is 919. The van der Waals surface area contributed by atoms with E-state index in [4.69, 9.17) is 19.0 Å². The highest BCUT2D eigenvalue weighted by atomic mass is 16.7. The lowest BCUT2D eigenvalue weighted by Gasteiger charge is -2.38. The van der Waals surface area contributed by atoms with Crippen LogP contribution in [0.2, 0.25) is 0 Å². The number of carboxylic acid groups (broad SMARTS) is 1. The van der Waals surface area contributed by atoms with Crippen LogP contribution in [0.15, 0.2) is 46.1 Å². The Hall–Kier alpha value is -2.72. The summed E-state index contributed by atoms with van der Waals surface area (Å²) in [6.07, 6.45) is -6.65. The molecular formula is C18H18O9. The molecule has 0 bridgehead atoms. The highest BCUT2D eigenvalue weighted by molar-refractivity contribution is 5.78. The third-order valence-electron chi connectivity index (χ3n) is 4.21. The van der Waals surface area contributed by atoms with E-state index in [9.17, 15) is 24.9 Å². The molecule has 2 aromatic rings. The van der Waals surface area contributed by atoms with Crippen LogP contribution in [0, 0.1) is 0 Å². The number of allylic oxidation sites excluding steroid dienone is 1. The summed E-state index contributed by atoms with van der Waals surface area (Å²) >= 11 is 0. The number of carboxylic acids is 1. The average molecular weight is 378 g/mol. The van der Waals surface area contributed by atoms with E-state index in [1.807, 2.05) is 0 Å². The van der Waals surface area contributed by atoms with E-state index in [0.29, 0.717) is 17.4 Å². The largest absolute Gasteiger partial charge is 0.479 e. The van der Waals surface area contributed by atoms with Gasteiger partial charge in [0.1, 0.15) is 29.6 Å². The molecule has 9 nitrogen and oxygen atoms in total. The molecule has 1 aliphatic heterocycles. The third-order valence-corrected chi connectivity index (χ3v) is 4.21. The van der Waals surface area contributed by atoms with Crippen LogP contribution < -0.4 is 10.4 Å². The number of ether oxygens (including phenoxy) is 2. The fourth-order valence-corrected chi connectivity index (χ4v) is 2.79. The Balaban J connectivity index is 1.87. The van der Waals surface area contributed by atoms with Crippen molar-refractivity contribution in [1.29, 1.82) is 0 Å². The summed E-state index contributed by atoms with van der Waals surface area (Å²) in [6.45, 7) is 3.58. The minimum atomic E-state index is -1.81. The number of benzene rings is 1. The van der Waals surface area contributed by atoms with Gasteiger partial charge in [-0.05, 0) is 24.6 Å². The molecule has 5 atom stereocenters. The molecule has 1 aromatic carbocycles. The third kappa shape index (κ3) is 3.71. The molecule has 144 valence electrons. The fourth-order valence-electron chi connectivity index (χ4n) is 2.79. The zero-order valence-electron chi connectivity index (χ0n) is 14.0. The Morgan fingerprint density at radius 2 is 1.93 bits per heavy atom. The van der Waals surface area contributed by atoms with Crippen molar-refractivity contribution in [3.8, 4) is 5.75 Å². The molecule has 0 radical (unpaired) electrons. The maximum atomic E-state index is 11.9. The molecule has 1 aliphatic rings. The van der Waals surface area contributed by atoms with E-state index in [0.717, 1.165) is 0 Å². The molecule has 27 heavy (non-hydrogen) atoms. The number of aliphatic hydroxyl groups excluding tert-OH is 3. The van der Waals surface area contributed by atoms with Crippen molar-refractivity contribution >= 4 is 16.9 Å². The Labute approximate surface area is 152 Å². The van der Waals surface area contributed by atoms with Gasteiger partial charge in [0, 0.05) is 17.0 Å².